The van der Waals surface area contributed by atoms with Crippen molar-refractivity contribution in [1.29, 1.82) is 0 Å². The zero-order chi connectivity index (χ0) is 20.2. The minimum Gasteiger partial charge on any atom is -0.444 e. The maximum atomic E-state index is 11.6. The van der Waals surface area contributed by atoms with Gasteiger partial charge in [-0.15, -0.1) is 0 Å². The van der Waals surface area contributed by atoms with Crippen molar-refractivity contribution < 1.29 is 23.6 Å². The van der Waals surface area contributed by atoms with Crippen molar-refractivity contribution in [1.82, 2.24) is 5.32 Å². The number of aliphatic hydroxyl groups excluding tert-OH is 1. The fourth-order valence-electron chi connectivity index (χ4n) is 1.97. The fraction of sp³-hybridized carbons (Fsp3) is 0.682. The van der Waals surface area contributed by atoms with Crippen LogP contribution in [0.5, 0.6) is 0 Å². The highest BCUT2D eigenvalue weighted by Crippen LogP contribution is 2.02. The Bertz CT molecular complexity index is 494. The minimum atomic E-state index is -0.336. The van der Waals surface area contributed by atoms with Gasteiger partial charge in [-0.05, 0) is 18.9 Å². The molecule has 166 valence electrons. The Morgan fingerprint density at radius 3 is 1.89 bits per heavy atom. The van der Waals surface area contributed by atoms with Crippen molar-refractivity contribution in [2.75, 3.05) is 68.6 Å². The number of amides is 1. The standard InChI is InChI=1S/C15H24N2O2.C5H14NO.2CH4/c1-13(12-14-8-6-5-7-9-14)16-15(18)19-11-10-17(2,3)4;1-6(2,3)4-5-7;;/h5-9,13H,10-12H2,1-4H3;7H,4-5H2,1-3H3;2*1H4/q;+1;;/p+1. The Kier molecular flexibility index (Phi) is 17.0. The van der Waals surface area contributed by atoms with Crippen LogP contribution in [0.2, 0.25) is 0 Å². The molecule has 2 N–H and O–H groups in total. The quantitative estimate of drug-likeness (QED) is 0.659. The van der Waals surface area contributed by atoms with Crippen LogP contribution in [0.3, 0.4) is 0 Å². The van der Waals surface area contributed by atoms with E-state index >= 15 is 0 Å². The molecule has 1 unspecified atom stereocenters. The van der Waals surface area contributed by atoms with Crippen LogP contribution in [0.1, 0.15) is 27.3 Å². The summed E-state index contributed by atoms with van der Waals surface area (Å²) < 4.78 is 6.79. The van der Waals surface area contributed by atoms with Gasteiger partial charge in [-0.3, -0.25) is 0 Å². The molecule has 0 aliphatic rings. The number of ether oxygens (including phenoxy) is 1. The summed E-state index contributed by atoms with van der Waals surface area (Å²) in [6, 6.07) is 10.2. The first-order valence-electron chi connectivity index (χ1n) is 9.12. The van der Waals surface area contributed by atoms with E-state index in [1.807, 2.05) is 25.1 Å². The smallest absolute Gasteiger partial charge is 0.407 e. The lowest BCUT2D eigenvalue weighted by Gasteiger charge is -2.23. The van der Waals surface area contributed by atoms with Gasteiger partial charge in [0.1, 0.15) is 19.7 Å². The van der Waals surface area contributed by atoms with Crippen molar-refractivity contribution in [2.24, 2.45) is 0 Å². The fourth-order valence-corrected chi connectivity index (χ4v) is 1.97. The zero-order valence-electron chi connectivity index (χ0n) is 17.7. The Hall–Kier alpha value is -1.63. The second-order valence-electron chi connectivity index (χ2n) is 8.62. The summed E-state index contributed by atoms with van der Waals surface area (Å²) in [5.41, 5.74) is 1.21. The third kappa shape index (κ3) is 20.7. The monoisotopic (exact) mass is 401 g/mol. The van der Waals surface area contributed by atoms with E-state index < -0.39 is 0 Å². The van der Waals surface area contributed by atoms with E-state index in [-0.39, 0.29) is 33.6 Å². The predicted octanol–water partition coefficient (Wildman–Crippen LogP) is 3.01. The van der Waals surface area contributed by atoms with Gasteiger partial charge < -0.3 is 24.1 Å². The van der Waals surface area contributed by atoms with Crippen molar-refractivity contribution >= 4 is 6.09 Å². The lowest BCUT2D eigenvalue weighted by Crippen LogP contribution is -2.40. The number of aliphatic hydroxyl groups is 1. The molecule has 0 aliphatic heterocycles. The van der Waals surface area contributed by atoms with Gasteiger partial charge in [0, 0.05) is 6.04 Å². The lowest BCUT2D eigenvalue weighted by atomic mass is 10.1. The maximum absolute atomic E-state index is 11.6. The zero-order valence-corrected chi connectivity index (χ0v) is 17.7. The molecule has 0 fully saturated rings. The second kappa shape index (κ2) is 15.3. The average Bonchev–Trinajstić information content (AvgIpc) is 2.46. The molecule has 1 aromatic rings. The molecular formula is C22H47N3O3+2. The molecule has 1 atom stereocenters. The summed E-state index contributed by atoms with van der Waals surface area (Å²) in [5.74, 6) is 0. The SMILES string of the molecule is C.C.CC(Cc1ccccc1)NC(=O)OCC[N+](C)(C)C.C[N+](C)(C)CCO. The molecule has 0 aromatic heterocycles. The highest BCUT2D eigenvalue weighted by Gasteiger charge is 2.11. The molecular weight excluding hydrogens is 354 g/mol. The molecule has 1 amide bonds. The van der Waals surface area contributed by atoms with E-state index in [4.69, 9.17) is 9.84 Å². The summed E-state index contributed by atoms with van der Waals surface area (Å²) in [6.45, 7) is 4.34. The van der Waals surface area contributed by atoms with E-state index in [1.165, 1.54) is 5.56 Å². The summed E-state index contributed by atoms with van der Waals surface area (Å²) >= 11 is 0. The molecule has 0 spiro atoms. The first kappa shape index (κ1) is 31.1. The molecule has 0 bridgehead atoms. The van der Waals surface area contributed by atoms with Crippen LogP contribution in [0.4, 0.5) is 4.79 Å². The molecule has 1 aromatic carbocycles. The van der Waals surface area contributed by atoms with Gasteiger partial charge in [0.05, 0.1) is 48.9 Å². The van der Waals surface area contributed by atoms with E-state index in [0.717, 1.165) is 28.5 Å². The van der Waals surface area contributed by atoms with Crippen molar-refractivity contribution in [3.8, 4) is 0 Å². The van der Waals surface area contributed by atoms with Gasteiger partial charge in [-0.1, -0.05) is 45.2 Å². The van der Waals surface area contributed by atoms with Crippen molar-refractivity contribution in [2.45, 2.75) is 34.2 Å². The number of hydrogen-bond donors (Lipinski definition) is 2. The number of quaternary nitrogens is 2. The van der Waals surface area contributed by atoms with Crippen LogP contribution in [0, 0.1) is 0 Å². The normalized spacial score (nSPS) is 11.7. The summed E-state index contributed by atoms with van der Waals surface area (Å²) in [4.78, 5) is 11.6. The number of nitrogens with one attached hydrogen (secondary N) is 1. The number of carbonyl (C=O) groups is 1. The number of carbonyl (C=O) groups excluding carboxylic acids is 1. The Morgan fingerprint density at radius 1 is 1.00 bits per heavy atom. The first-order valence-corrected chi connectivity index (χ1v) is 9.12. The van der Waals surface area contributed by atoms with E-state index in [0.29, 0.717) is 6.61 Å². The van der Waals surface area contributed by atoms with Crippen molar-refractivity contribution in [3.63, 3.8) is 0 Å². The van der Waals surface area contributed by atoms with E-state index in [9.17, 15) is 4.79 Å². The van der Waals surface area contributed by atoms with Gasteiger partial charge in [0.25, 0.3) is 0 Å². The summed E-state index contributed by atoms with van der Waals surface area (Å²) in [7, 11) is 12.4. The van der Waals surface area contributed by atoms with Gasteiger partial charge in [0.15, 0.2) is 0 Å². The number of hydrogen-bond acceptors (Lipinski definition) is 3. The number of nitrogens with zero attached hydrogens (tertiary/aromatic N) is 2. The van der Waals surface area contributed by atoms with Crippen LogP contribution in [0.25, 0.3) is 0 Å². The van der Waals surface area contributed by atoms with Crippen LogP contribution < -0.4 is 5.32 Å². The molecule has 0 aliphatic carbocycles. The average molecular weight is 402 g/mol. The third-order valence-corrected chi connectivity index (χ3v) is 3.52. The molecule has 0 radical (unpaired) electrons. The topological polar surface area (TPSA) is 58.6 Å². The predicted molar refractivity (Wildman–Crippen MR) is 120 cm³/mol. The van der Waals surface area contributed by atoms with Gasteiger partial charge >= 0.3 is 6.09 Å². The molecule has 0 heterocycles. The van der Waals surface area contributed by atoms with Crippen LogP contribution >= 0.6 is 0 Å². The Balaban J connectivity index is -0.000000599. The number of alkyl carbamates (subject to hydrolysis) is 1. The number of likely N-dealkylation sites (N-methyl/N-ethyl adjacent to an activating group) is 2. The minimum absolute atomic E-state index is 0. The van der Waals surface area contributed by atoms with E-state index in [1.54, 1.807) is 0 Å². The van der Waals surface area contributed by atoms with Gasteiger partial charge in [0.2, 0.25) is 0 Å². The first-order chi connectivity index (χ1) is 11.9. The number of rotatable bonds is 8. The van der Waals surface area contributed by atoms with Gasteiger partial charge in [-0.2, -0.15) is 0 Å². The largest absolute Gasteiger partial charge is 0.444 e. The molecule has 1 rings (SSSR count). The Morgan fingerprint density at radius 2 is 1.50 bits per heavy atom. The third-order valence-electron chi connectivity index (χ3n) is 3.52. The lowest BCUT2D eigenvalue weighted by molar-refractivity contribution is -0.870. The van der Waals surface area contributed by atoms with Crippen LogP contribution in [-0.4, -0.2) is 94.8 Å². The molecule has 6 heteroatoms. The van der Waals surface area contributed by atoms with Crippen molar-refractivity contribution in [3.05, 3.63) is 35.9 Å². The summed E-state index contributed by atoms with van der Waals surface area (Å²) in [6.07, 6.45) is 0.475. The van der Waals surface area contributed by atoms with E-state index in [2.05, 4.69) is 59.7 Å². The molecule has 6 nitrogen and oxygen atoms in total. The molecule has 0 saturated heterocycles. The maximum Gasteiger partial charge on any atom is 0.407 e. The summed E-state index contributed by atoms with van der Waals surface area (Å²) in [5, 5.41) is 11.2. The van der Waals surface area contributed by atoms with Crippen LogP contribution in [-0.2, 0) is 11.2 Å². The highest BCUT2D eigenvalue weighted by atomic mass is 16.5. The van der Waals surface area contributed by atoms with Crippen LogP contribution in [0.15, 0.2) is 30.3 Å². The van der Waals surface area contributed by atoms with Gasteiger partial charge in [-0.25, -0.2) is 4.79 Å². The number of benzene rings is 1. The Labute approximate surface area is 174 Å². The molecule has 0 saturated carbocycles. The molecule has 28 heavy (non-hydrogen) atoms. The second-order valence-corrected chi connectivity index (χ2v) is 8.62. The highest BCUT2D eigenvalue weighted by molar-refractivity contribution is 5.67.